The van der Waals surface area contributed by atoms with Gasteiger partial charge in [-0.05, 0) is 61.1 Å². The molecule has 3 rings (SSSR count). The number of benzene rings is 3. The Balaban J connectivity index is 0.000000370. The minimum absolute atomic E-state index is 0. The first-order chi connectivity index (χ1) is 14.1. The molecule has 0 amide bonds. The SMILES string of the molecule is CS(=O)(=O)N[C@@H](c1ccccc1)[C@@H](N)c1ccccc1.Cc1ccc(C)c(C)c1C.[Ru]. The number of sulfonamides is 1. The first-order valence-corrected chi connectivity index (χ1v) is 11.9. The molecular weight excluding hydrogens is 493 g/mol. The minimum atomic E-state index is -3.35. The van der Waals surface area contributed by atoms with E-state index >= 15 is 0 Å². The Morgan fingerprint density at radius 3 is 1.48 bits per heavy atom. The van der Waals surface area contributed by atoms with Gasteiger partial charge in [0.1, 0.15) is 0 Å². The van der Waals surface area contributed by atoms with E-state index in [9.17, 15) is 8.42 Å². The van der Waals surface area contributed by atoms with E-state index in [0.717, 1.165) is 17.4 Å². The Labute approximate surface area is 200 Å². The van der Waals surface area contributed by atoms with Crippen molar-refractivity contribution in [2.75, 3.05) is 6.26 Å². The molecule has 0 aliphatic rings. The van der Waals surface area contributed by atoms with Gasteiger partial charge in [-0.15, -0.1) is 0 Å². The van der Waals surface area contributed by atoms with E-state index in [2.05, 4.69) is 44.5 Å². The molecule has 3 aromatic carbocycles. The average Bonchev–Trinajstić information content (AvgIpc) is 2.74. The summed E-state index contributed by atoms with van der Waals surface area (Å²) in [5.74, 6) is 0. The van der Waals surface area contributed by atoms with E-state index < -0.39 is 22.1 Å². The van der Waals surface area contributed by atoms with Crippen LogP contribution in [0.5, 0.6) is 0 Å². The van der Waals surface area contributed by atoms with Crippen LogP contribution in [-0.2, 0) is 29.5 Å². The summed E-state index contributed by atoms with van der Waals surface area (Å²) < 4.78 is 25.8. The maximum Gasteiger partial charge on any atom is 0.209 e. The van der Waals surface area contributed by atoms with Crippen molar-refractivity contribution in [1.82, 2.24) is 4.72 Å². The molecule has 0 aliphatic carbocycles. The van der Waals surface area contributed by atoms with Crippen LogP contribution < -0.4 is 10.5 Å². The summed E-state index contributed by atoms with van der Waals surface area (Å²) in [5, 5.41) is 0. The minimum Gasteiger partial charge on any atom is -0.322 e. The molecular formula is C25H32N2O2RuS. The summed E-state index contributed by atoms with van der Waals surface area (Å²) in [6.07, 6.45) is 1.14. The van der Waals surface area contributed by atoms with Crippen molar-refractivity contribution >= 4 is 10.0 Å². The maximum atomic E-state index is 11.6. The van der Waals surface area contributed by atoms with E-state index in [1.807, 2.05) is 60.7 Å². The van der Waals surface area contributed by atoms with E-state index in [4.69, 9.17) is 5.73 Å². The number of nitrogens with one attached hydrogen (secondary N) is 1. The second-order valence-corrected chi connectivity index (χ2v) is 9.44. The van der Waals surface area contributed by atoms with E-state index in [-0.39, 0.29) is 19.5 Å². The van der Waals surface area contributed by atoms with Gasteiger partial charge in [0.25, 0.3) is 0 Å². The molecule has 0 bridgehead atoms. The molecule has 0 fully saturated rings. The second kappa shape index (κ2) is 12.3. The molecule has 0 unspecified atom stereocenters. The van der Waals surface area contributed by atoms with Gasteiger partial charge in [-0.2, -0.15) is 0 Å². The fourth-order valence-electron chi connectivity index (χ4n) is 3.20. The van der Waals surface area contributed by atoms with Gasteiger partial charge in [-0.25, -0.2) is 13.1 Å². The molecule has 0 aliphatic heterocycles. The summed E-state index contributed by atoms with van der Waals surface area (Å²) in [5.41, 5.74) is 13.6. The fraction of sp³-hybridized carbons (Fsp3) is 0.280. The van der Waals surface area contributed by atoms with Crippen molar-refractivity contribution in [3.8, 4) is 0 Å². The molecule has 0 spiro atoms. The Bertz CT molecular complexity index is 1030. The predicted octanol–water partition coefficient (Wildman–Crippen LogP) is 4.89. The van der Waals surface area contributed by atoms with Crippen LogP contribution in [0.4, 0.5) is 0 Å². The molecule has 0 heterocycles. The van der Waals surface area contributed by atoms with Crippen molar-refractivity contribution in [2.45, 2.75) is 39.8 Å². The van der Waals surface area contributed by atoms with Crippen molar-refractivity contribution in [3.63, 3.8) is 0 Å². The Morgan fingerprint density at radius 2 is 1.10 bits per heavy atom. The van der Waals surface area contributed by atoms with Crippen LogP contribution in [-0.4, -0.2) is 14.7 Å². The van der Waals surface area contributed by atoms with Crippen molar-refractivity contribution in [3.05, 3.63) is 106 Å². The van der Waals surface area contributed by atoms with Crippen LogP contribution in [0.1, 0.15) is 45.5 Å². The van der Waals surface area contributed by atoms with Crippen LogP contribution in [0.3, 0.4) is 0 Å². The van der Waals surface area contributed by atoms with Crippen LogP contribution in [0.15, 0.2) is 72.8 Å². The quantitative estimate of drug-likeness (QED) is 0.466. The third-order valence-electron chi connectivity index (χ3n) is 5.37. The number of nitrogens with two attached hydrogens (primary N) is 1. The van der Waals surface area contributed by atoms with Gasteiger partial charge in [0, 0.05) is 19.5 Å². The summed E-state index contributed by atoms with van der Waals surface area (Å²) >= 11 is 0. The van der Waals surface area contributed by atoms with Crippen molar-refractivity contribution < 1.29 is 27.9 Å². The first-order valence-electron chi connectivity index (χ1n) is 9.96. The predicted molar refractivity (Wildman–Crippen MR) is 126 cm³/mol. The molecule has 0 saturated heterocycles. The topological polar surface area (TPSA) is 72.2 Å². The van der Waals surface area contributed by atoms with E-state index in [1.165, 1.54) is 22.3 Å². The molecule has 6 heteroatoms. The largest absolute Gasteiger partial charge is 0.322 e. The van der Waals surface area contributed by atoms with Gasteiger partial charge in [-0.1, -0.05) is 72.8 Å². The summed E-state index contributed by atoms with van der Waals surface area (Å²) in [6.45, 7) is 8.67. The zero-order chi connectivity index (χ0) is 22.3. The molecule has 168 valence electrons. The molecule has 4 nitrogen and oxygen atoms in total. The summed E-state index contributed by atoms with van der Waals surface area (Å²) in [6, 6.07) is 22.2. The molecule has 0 radical (unpaired) electrons. The van der Waals surface area contributed by atoms with Gasteiger partial charge < -0.3 is 5.73 Å². The van der Waals surface area contributed by atoms with E-state index in [1.54, 1.807) is 0 Å². The molecule has 2 atom stereocenters. The van der Waals surface area contributed by atoms with Crippen LogP contribution in [0.25, 0.3) is 0 Å². The first kappa shape index (κ1) is 27.2. The van der Waals surface area contributed by atoms with Gasteiger partial charge in [-0.3, -0.25) is 0 Å². The van der Waals surface area contributed by atoms with Gasteiger partial charge in [0.15, 0.2) is 0 Å². The molecule has 31 heavy (non-hydrogen) atoms. The normalized spacial score (nSPS) is 12.7. The Morgan fingerprint density at radius 1 is 0.710 bits per heavy atom. The Kier molecular flexibility index (Phi) is 10.7. The van der Waals surface area contributed by atoms with Gasteiger partial charge >= 0.3 is 0 Å². The molecule has 3 N–H and O–H groups in total. The second-order valence-electron chi connectivity index (χ2n) is 7.66. The standard InChI is InChI=1S/C15H18N2O2S.C10H14.Ru/c1-20(18,19)17-15(13-10-6-3-7-11-13)14(16)12-8-4-2-5-9-12;1-7-5-6-8(2)10(4)9(7)3;/h2-11,14-15,17H,16H2,1H3;5-6H,1-4H3;/t14-,15-;;/m0../s1. The van der Waals surface area contributed by atoms with Gasteiger partial charge in [0.05, 0.1) is 18.3 Å². The van der Waals surface area contributed by atoms with Crippen LogP contribution >= 0.6 is 0 Å². The molecule has 0 aromatic heterocycles. The van der Waals surface area contributed by atoms with E-state index in [0.29, 0.717) is 0 Å². The summed E-state index contributed by atoms with van der Waals surface area (Å²) in [4.78, 5) is 0. The van der Waals surface area contributed by atoms with Crippen LogP contribution in [0.2, 0.25) is 0 Å². The average molecular weight is 526 g/mol. The molecule has 0 saturated carbocycles. The summed E-state index contributed by atoms with van der Waals surface area (Å²) in [7, 11) is -3.35. The molecule has 3 aromatic rings. The van der Waals surface area contributed by atoms with Crippen molar-refractivity contribution in [1.29, 1.82) is 0 Å². The number of rotatable bonds is 5. The number of aryl methyl sites for hydroxylation is 2. The smallest absolute Gasteiger partial charge is 0.209 e. The van der Waals surface area contributed by atoms with Crippen LogP contribution in [0, 0.1) is 27.7 Å². The zero-order valence-corrected chi connectivity index (χ0v) is 21.3. The third-order valence-corrected chi connectivity index (χ3v) is 6.05. The van der Waals surface area contributed by atoms with Gasteiger partial charge in [0.2, 0.25) is 10.0 Å². The zero-order valence-electron chi connectivity index (χ0n) is 18.7. The number of hydrogen-bond donors (Lipinski definition) is 2. The maximum absolute atomic E-state index is 11.6. The fourth-order valence-corrected chi connectivity index (χ4v) is 3.94. The number of hydrogen-bond acceptors (Lipinski definition) is 3. The van der Waals surface area contributed by atoms with Crippen molar-refractivity contribution in [2.24, 2.45) is 5.73 Å². The third kappa shape index (κ3) is 8.30. The Hall–Kier alpha value is -1.85. The monoisotopic (exact) mass is 526 g/mol.